The van der Waals surface area contributed by atoms with Gasteiger partial charge in [0, 0.05) is 11.6 Å². The van der Waals surface area contributed by atoms with Gasteiger partial charge in [0.2, 0.25) is 0 Å². The Labute approximate surface area is 123 Å². The number of amides is 1. The van der Waals surface area contributed by atoms with Gasteiger partial charge in [0.05, 0.1) is 5.71 Å². The number of nitrogens with zero attached hydrogens (tertiary/aromatic N) is 2. The second-order valence-electron chi connectivity index (χ2n) is 5.49. The highest BCUT2D eigenvalue weighted by Gasteiger charge is 2.26. The number of carbonyl (C=O) groups is 1. The van der Waals surface area contributed by atoms with E-state index in [1.165, 1.54) is 18.4 Å². The fourth-order valence-corrected chi connectivity index (χ4v) is 2.11. The summed E-state index contributed by atoms with van der Waals surface area (Å²) in [5, 5.41) is 11.1. The molecule has 21 heavy (non-hydrogen) atoms. The molecular weight excluding hydrogens is 264 g/mol. The van der Waals surface area contributed by atoms with Crippen molar-refractivity contribution < 1.29 is 4.79 Å². The van der Waals surface area contributed by atoms with Crippen molar-refractivity contribution in [2.24, 2.45) is 5.10 Å². The molecule has 0 spiro atoms. The number of hydrogen-bond donors (Lipinski definition) is 2. The lowest BCUT2D eigenvalue weighted by Gasteiger charge is -2.02. The summed E-state index contributed by atoms with van der Waals surface area (Å²) in [6, 6.07) is 9.82. The molecule has 0 saturated heterocycles. The van der Waals surface area contributed by atoms with Gasteiger partial charge in [-0.05, 0) is 38.3 Å². The number of hydrazone groups is 1. The average Bonchev–Trinajstić information content (AvgIpc) is 3.22. The lowest BCUT2D eigenvalue weighted by molar-refractivity contribution is 0.0950. The molecular formula is C16H18N4O. The van der Waals surface area contributed by atoms with Crippen LogP contribution in [-0.2, 0) is 0 Å². The summed E-state index contributed by atoms with van der Waals surface area (Å²) in [6.45, 7) is 3.90. The van der Waals surface area contributed by atoms with Gasteiger partial charge < -0.3 is 0 Å². The van der Waals surface area contributed by atoms with E-state index >= 15 is 0 Å². The van der Waals surface area contributed by atoms with Crippen LogP contribution >= 0.6 is 0 Å². The molecule has 0 aliphatic heterocycles. The third-order valence-corrected chi connectivity index (χ3v) is 3.64. The Bertz CT molecular complexity index is 681. The molecule has 5 heteroatoms. The third-order valence-electron chi connectivity index (χ3n) is 3.64. The molecule has 2 N–H and O–H groups in total. The smallest absolute Gasteiger partial charge is 0.281 e. The first-order chi connectivity index (χ1) is 10.1. The van der Waals surface area contributed by atoms with E-state index in [4.69, 9.17) is 0 Å². The monoisotopic (exact) mass is 282 g/mol. The van der Waals surface area contributed by atoms with Crippen molar-refractivity contribution in [2.75, 3.05) is 0 Å². The molecule has 1 heterocycles. The number of carbonyl (C=O) groups excluding carboxylic acids is 1. The van der Waals surface area contributed by atoms with E-state index in [0.29, 0.717) is 11.6 Å². The zero-order valence-electron chi connectivity index (χ0n) is 12.2. The van der Waals surface area contributed by atoms with Crippen LogP contribution in [0.5, 0.6) is 0 Å². The number of nitrogens with one attached hydrogen (secondary N) is 2. The van der Waals surface area contributed by atoms with Crippen LogP contribution in [0.2, 0.25) is 0 Å². The first kappa shape index (κ1) is 13.5. The summed E-state index contributed by atoms with van der Waals surface area (Å²) in [7, 11) is 0. The van der Waals surface area contributed by atoms with Crippen LogP contribution in [0.3, 0.4) is 0 Å². The maximum atomic E-state index is 12.0. The number of H-pyrrole nitrogens is 1. The molecule has 5 nitrogen and oxygen atoms in total. The minimum absolute atomic E-state index is 0.287. The minimum Gasteiger partial charge on any atom is -0.281 e. The Morgan fingerprint density at radius 1 is 1.33 bits per heavy atom. The van der Waals surface area contributed by atoms with Crippen molar-refractivity contribution in [2.45, 2.75) is 32.6 Å². The molecule has 0 radical (unpaired) electrons. The van der Waals surface area contributed by atoms with Gasteiger partial charge in [-0.2, -0.15) is 10.2 Å². The van der Waals surface area contributed by atoms with E-state index in [2.05, 4.69) is 20.7 Å². The van der Waals surface area contributed by atoms with E-state index in [9.17, 15) is 4.79 Å². The summed E-state index contributed by atoms with van der Waals surface area (Å²) in [5.74, 6) is 0.265. The van der Waals surface area contributed by atoms with Gasteiger partial charge in [0.25, 0.3) is 5.91 Å². The van der Waals surface area contributed by atoms with Crippen LogP contribution < -0.4 is 5.43 Å². The average molecular weight is 282 g/mol. The van der Waals surface area contributed by atoms with Gasteiger partial charge in [0.15, 0.2) is 5.69 Å². The normalized spacial score (nSPS) is 15.0. The summed E-state index contributed by atoms with van der Waals surface area (Å²) in [6.07, 6.45) is 2.35. The van der Waals surface area contributed by atoms with Gasteiger partial charge in [-0.15, -0.1) is 0 Å². The quantitative estimate of drug-likeness (QED) is 0.668. The van der Waals surface area contributed by atoms with E-state index < -0.39 is 0 Å². The summed E-state index contributed by atoms with van der Waals surface area (Å²) in [4.78, 5) is 12.0. The number of aryl methyl sites for hydroxylation is 1. The van der Waals surface area contributed by atoms with Gasteiger partial charge >= 0.3 is 0 Å². The lowest BCUT2D eigenvalue weighted by Crippen LogP contribution is -2.19. The third kappa shape index (κ3) is 3.18. The predicted octanol–water partition coefficient (Wildman–Crippen LogP) is 2.75. The van der Waals surface area contributed by atoms with E-state index in [1.807, 2.05) is 44.2 Å². The molecule has 1 fully saturated rings. The van der Waals surface area contributed by atoms with E-state index in [1.54, 1.807) is 0 Å². The minimum atomic E-state index is -0.287. The summed E-state index contributed by atoms with van der Waals surface area (Å²) >= 11 is 0. The molecule has 2 aromatic rings. The summed E-state index contributed by atoms with van der Waals surface area (Å²) in [5.41, 5.74) is 6.93. The largest absolute Gasteiger partial charge is 0.291 e. The second kappa shape index (κ2) is 5.52. The van der Waals surface area contributed by atoms with E-state index in [-0.39, 0.29) is 5.91 Å². The Morgan fingerprint density at radius 3 is 2.71 bits per heavy atom. The van der Waals surface area contributed by atoms with Gasteiger partial charge in [-0.1, -0.05) is 29.8 Å². The van der Waals surface area contributed by atoms with Crippen LogP contribution in [0.15, 0.2) is 35.4 Å². The highest BCUT2D eigenvalue weighted by atomic mass is 16.2. The molecule has 1 aromatic carbocycles. The molecule has 1 aliphatic rings. The van der Waals surface area contributed by atoms with Crippen molar-refractivity contribution in [1.82, 2.24) is 15.6 Å². The topological polar surface area (TPSA) is 70.1 Å². The highest BCUT2D eigenvalue weighted by Crippen LogP contribution is 2.38. The van der Waals surface area contributed by atoms with Gasteiger partial charge in [0.1, 0.15) is 0 Å². The highest BCUT2D eigenvalue weighted by molar-refractivity contribution is 6.00. The molecule has 0 bridgehead atoms. The molecule has 0 atom stereocenters. The Kier molecular flexibility index (Phi) is 3.56. The SMILES string of the molecule is C/C(=N/NC(=O)c1cc(C2CC2)[nH]n1)c1ccc(C)cc1. The van der Waals surface area contributed by atoms with Crippen LogP contribution in [0, 0.1) is 6.92 Å². The van der Waals surface area contributed by atoms with Crippen molar-refractivity contribution in [3.05, 3.63) is 52.8 Å². The molecule has 1 aliphatic carbocycles. The maximum absolute atomic E-state index is 12.0. The van der Waals surface area contributed by atoms with E-state index in [0.717, 1.165) is 17.0 Å². The number of rotatable bonds is 4. The Morgan fingerprint density at radius 2 is 2.05 bits per heavy atom. The molecule has 3 rings (SSSR count). The van der Waals surface area contributed by atoms with Crippen LogP contribution in [0.1, 0.15) is 53.0 Å². The Hall–Kier alpha value is -2.43. The first-order valence-electron chi connectivity index (χ1n) is 7.10. The number of hydrogen-bond acceptors (Lipinski definition) is 3. The predicted molar refractivity (Wildman–Crippen MR) is 81.4 cm³/mol. The van der Waals surface area contributed by atoms with Crippen LogP contribution in [0.4, 0.5) is 0 Å². The van der Waals surface area contributed by atoms with Crippen molar-refractivity contribution in [3.8, 4) is 0 Å². The summed E-state index contributed by atoms with van der Waals surface area (Å²) < 4.78 is 0. The number of benzene rings is 1. The van der Waals surface area contributed by atoms with Crippen molar-refractivity contribution in [1.29, 1.82) is 0 Å². The number of aromatic nitrogens is 2. The lowest BCUT2D eigenvalue weighted by atomic mass is 10.1. The molecule has 1 saturated carbocycles. The van der Waals surface area contributed by atoms with Crippen molar-refractivity contribution >= 4 is 11.6 Å². The number of aromatic amines is 1. The Balaban J connectivity index is 1.65. The molecule has 1 amide bonds. The molecule has 0 unspecified atom stereocenters. The van der Waals surface area contributed by atoms with Gasteiger partial charge in [-0.25, -0.2) is 5.43 Å². The second-order valence-corrected chi connectivity index (χ2v) is 5.49. The standard InChI is InChI=1S/C16H18N4O/c1-10-3-5-12(6-4-10)11(2)17-20-16(21)15-9-14(18-19-15)13-7-8-13/h3-6,9,13H,7-8H2,1-2H3,(H,18,19)(H,20,21)/b17-11-. The zero-order valence-corrected chi connectivity index (χ0v) is 12.2. The molecule has 1 aromatic heterocycles. The maximum Gasteiger partial charge on any atom is 0.291 e. The molecule has 108 valence electrons. The first-order valence-corrected chi connectivity index (χ1v) is 7.10. The zero-order chi connectivity index (χ0) is 14.8. The van der Waals surface area contributed by atoms with Crippen molar-refractivity contribution in [3.63, 3.8) is 0 Å². The van der Waals surface area contributed by atoms with Crippen LogP contribution in [-0.4, -0.2) is 21.8 Å². The van der Waals surface area contributed by atoms with Gasteiger partial charge in [-0.3, -0.25) is 9.89 Å². The fraction of sp³-hybridized carbons (Fsp3) is 0.312. The van der Waals surface area contributed by atoms with Crippen LogP contribution in [0.25, 0.3) is 0 Å². The fourth-order valence-electron chi connectivity index (χ4n) is 2.11.